The largest absolute Gasteiger partial charge is 0.230 e. The molecule has 0 fully saturated rings. The fraction of sp³-hybridized carbons (Fsp3) is 0.316. The van der Waals surface area contributed by atoms with Crippen LogP contribution in [0, 0.1) is 20.8 Å². The average molecular weight is 328 g/mol. The maximum Gasteiger partial charge on any atom is 0.168 e. The molecule has 0 spiro atoms. The molecule has 0 aliphatic carbocycles. The fourth-order valence-corrected chi connectivity index (χ4v) is 3.65. The van der Waals surface area contributed by atoms with E-state index in [1.54, 1.807) is 4.41 Å². The lowest BCUT2D eigenvalue weighted by atomic mass is 10.00. The summed E-state index contributed by atoms with van der Waals surface area (Å²) < 4.78 is 14.4. The molecular weight excluding hydrogens is 304 g/mol. The van der Waals surface area contributed by atoms with Crippen molar-refractivity contribution in [3.63, 3.8) is 0 Å². The summed E-state index contributed by atoms with van der Waals surface area (Å²) in [5.41, 5.74) is 5.55. The molecule has 2 rings (SSSR count). The molecule has 1 atom stereocenters. The molecular formula is C19H24N2OS. The number of hydrazone groups is 1. The third-order valence-electron chi connectivity index (χ3n) is 3.79. The third-order valence-corrected chi connectivity index (χ3v) is 5.19. The van der Waals surface area contributed by atoms with E-state index >= 15 is 0 Å². The molecule has 0 aliphatic rings. The van der Waals surface area contributed by atoms with Crippen molar-refractivity contribution in [2.45, 2.75) is 39.5 Å². The Morgan fingerprint density at radius 2 is 1.61 bits per heavy atom. The summed E-state index contributed by atoms with van der Waals surface area (Å²) in [4.78, 5) is 0.774. The average Bonchev–Trinajstić information content (AvgIpc) is 2.52. The van der Waals surface area contributed by atoms with E-state index in [2.05, 4.69) is 31.1 Å². The number of rotatable bonds is 5. The number of nitrogens with zero attached hydrogens (tertiary/aromatic N) is 2. The molecule has 1 unspecified atom stereocenters. The Kier molecular flexibility index (Phi) is 5.72. The molecule has 4 heteroatoms. The van der Waals surface area contributed by atoms with Gasteiger partial charge in [-0.15, -0.1) is 0 Å². The Hall–Kier alpha value is -1.94. The van der Waals surface area contributed by atoms with Gasteiger partial charge in [0.25, 0.3) is 0 Å². The van der Waals surface area contributed by atoms with E-state index < -0.39 is 11.0 Å². The van der Waals surface area contributed by atoms with Gasteiger partial charge in [-0.2, -0.15) is 5.10 Å². The van der Waals surface area contributed by atoms with Crippen molar-refractivity contribution in [1.29, 1.82) is 0 Å². The van der Waals surface area contributed by atoms with Crippen LogP contribution in [0.15, 0.2) is 52.5 Å². The molecule has 0 bridgehead atoms. The number of benzene rings is 2. The van der Waals surface area contributed by atoms with Gasteiger partial charge >= 0.3 is 0 Å². The van der Waals surface area contributed by atoms with Crippen molar-refractivity contribution in [2.24, 2.45) is 5.10 Å². The van der Waals surface area contributed by atoms with E-state index in [1.165, 1.54) is 11.1 Å². The first kappa shape index (κ1) is 17.4. The van der Waals surface area contributed by atoms with E-state index in [-0.39, 0.29) is 0 Å². The lowest BCUT2D eigenvalue weighted by molar-refractivity contribution is 0.494. The van der Waals surface area contributed by atoms with Gasteiger partial charge < -0.3 is 0 Å². The minimum atomic E-state index is -1.29. The van der Waals surface area contributed by atoms with Crippen LogP contribution in [0.1, 0.15) is 36.1 Å². The Labute approximate surface area is 141 Å². The van der Waals surface area contributed by atoms with Crippen LogP contribution in [0.3, 0.4) is 0 Å². The minimum absolute atomic E-state index is 0.586. The molecule has 3 nitrogen and oxygen atoms in total. The van der Waals surface area contributed by atoms with Crippen LogP contribution < -0.4 is 0 Å². The number of hydrogen-bond donors (Lipinski definition) is 0. The first-order valence-corrected chi connectivity index (χ1v) is 8.92. The number of aryl methyl sites for hydroxylation is 3. The molecule has 0 aliphatic heterocycles. The van der Waals surface area contributed by atoms with Crippen LogP contribution >= 0.6 is 0 Å². The molecule has 23 heavy (non-hydrogen) atoms. The van der Waals surface area contributed by atoms with Crippen LogP contribution in [-0.2, 0) is 11.0 Å². The Morgan fingerprint density at radius 1 is 1.04 bits per heavy atom. The topological polar surface area (TPSA) is 32.7 Å². The van der Waals surface area contributed by atoms with Crippen molar-refractivity contribution in [3.8, 4) is 0 Å². The summed E-state index contributed by atoms with van der Waals surface area (Å²) in [6.07, 6.45) is 0. The molecule has 2 aromatic rings. The molecule has 0 N–H and O–H groups in total. The van der Waals surface area contributed by atoms with Gasteiger partial charge in [0.2, 0.25) is 0 Å². The summed E-state index contributed by atoms with van der Waals surface area (Å²) >= 11 is 0. The van der Waals surface area contributed by atoms with Crippen LogP contribution in [0.25, 0.3) is 0 Å². The molecule has 0 radical (unpaired) electrons. The smallest absolute Gasteiger partial charge is 0.168 e. The Morgan fingerprint density at radius 3 is 2.13 bits per heavy atom. The second-order valence-electron chi connectivity index (χ2n) is 5.68. The summed E-state index contributed by atoms with van der Waals surface area (Å²) in [5.74, 6) is 0. The third kappa shape index (κ3) is 4.08. The van der Waals surface area contributed by atoms with E-state index in [4.69, 9.17) is 0 Å². The summed E-state index contributed by atoms with van der Waals surface area (Å²) in [7, 11) is -1.29. The molecule has 0 amide bonds. The zero-order valence-electron chi connectivity index (χ0n) is 14.5. The van der Waals surface area contributed by atoms with Crippen LogP contribution in [0.5, 0.6) is 0 Å². The highest BCUT2D eigenvalue weighted by Crippen LogP contribution is 2.17. The van der Waals surface area contributed by atoms with Crippen molar-refractivity contribution in [2.75, 3.05) is 6.54 Å². The second kappa shape index (κ2) is 7.55. The zero-order valence-corrected chi connectivity index (χ0v) is 15.3. The molecule has 0 aromatic heterocycles. The van der Waals surface area contributed by atoms with Gasteiger partial charge in [-0.05, 0) is 57.9 Å². The second-order valence-corrected chi connectivity index (χ2v) is 7.07. The van der Waals surface area contributed by atoms with Gasteiger partial charge in [0, 0.05) is 12.1 Å². The van der Waals surface area contributed by atoms with E-state index in [0.717, 1.165) is 21.7 Å². The predicted molar refractivity (Wildman–Crippen MR) is 98.1 cm³/mol. The predicted octanol–water partition coefficient (Wildman–Crippen LogP) is 4.38. The van der Waals surface area contributed by atoms with Crippen molar-refractivity contribution in [1.82, 2.24) is 4.41 Å². The first-order valence-electron chi connectivity index (χ1n) is 7.82. The highest BCUT2D eigenvalue weighted by Gasteiger charge is 2.13. The monoisotopic (exact) mass is 328 g/mol. The molecule has 0 saturated heterocycles. The normalized spacial score (nSPS) is 13.0. The SMILES string of the molecule is CCN(/N=C(/C)c1c(C)cccc1C)S(=O)c1ccc(C)cc1. The lowest BCUT2D eigenvalue weighted by Crippen LogP contribution is -2.22. The molecule has 2 aromatic carbocycles. The quantitative estimate of drug-likeness (QED) is 0.592. The first-order chi connectivity index (χ1) is 10.9. The van der Waals surface area contributed by atoms with Gasteiger partial charge in [-0.1, -0.05) is 35.9 Å². The summed E-state index contributed by atoms with van der Waals surface area (Å²) in [6, 6.07) is 14.0. The van der Waals surface area contributed by atoms with Crippen molar-refractivity contribution >= 4 is 16.7 Å². The fourth-order valence-electron chi connectivity index (χ4n) is 2.60. The van der Waals surface area contributed by atoms with Crippen molar-refractivity contribution in [3.05, 3.63) is 64.7 Å². The van der Waals surface area contributed by atoms with Gasteiger partial charge in [0.1, 0.15) is 0 Å². The van der Waals surface area contributed by atoms with Gasteiger partial charge in [0.05, 0.1) is 10.6 Å². The van der Waals surface area contributed by atoms with Gasteiger partial charge in [0.15, 0.2) is 11.0 Å². The van der Waals surface area contributed by atoms with E-state index in [1.807, 2.05) is 51.1 Å². The summed E-state index contributed by atoms with van der Waals surface area (Å²) in [5, 5.41) is 4.64. The minimum Gasteiger partial charge on any atom is -0.230 e. The van der Waals surface area contributed by atoms with E-state index in [0.29, 0.717) is 6.54 Å². The maximum atomic E-state index is 12.8. The molecule has 0 heterocycles. The number of hydrogen-bond acceptors (Lipinski definition) is 2. The Balaban J connectivity index is 2.34. The van der Waals surface area contributed by atoms with Crippen LogP contribution in [0.4, 0.5) is 0 Å². The zero-order chi connectivity index (χ0) is 17.0. The molecule has 0 saturated carbocycles. The summed E-state index contributed by atoms with van der Waals surface area (Å²) in [6.45, 7) is 10.7. The lowest BCUT2D eigenvalue weighted by Gasteiger charge is -2.18. The van der Waals surface area contributed by atoms with Crippen LogP contribution in [-0.4, -0.2) is 20.9 Å². The van der Waals surface area contributed by atoms with Gasteiger partial charge in [-0.3, -0.25) is 0 Å². The van der Waals surface area contributed by atoms with Crippen molar-refractivity contribution < 1.29 is 4.21 Å². The molecule has 122 valence electrons. The maximum absolute atomic E-state index is 12.8. The Bertz CT molecular complexity index is 715. The van der Waals surface area contributed by atoms with E-state index in [9.17, 15) is 4.21 Å². The standard InChI is InChI=1S/C19H24N2OS/c1-6-21(23(22)18-12-10-14(2)11-13-18)20-17(5)19-15(3)8-7-9-16(19)4/h7-13H,6H2,1-5H3/b20-17-. The highest BCUT2D eigenvalue weighted by molar-refractivity contribution is 7.82. The van der Waals surface area contributed by atoms with Crippen LogP contribution in [0.2, 0.25) is 0 Å². The highest BCUT2D eigenvalue weighted by atomic mass is 32.2. The van der Waals surface area contributed by atoms with Gasteiger partial charge in [-0.25, -0.2) is 8.62 Å².